The van der Waals surface area contributed by atoms with Crippen molar-refractivity contribution in [1.82, 2.24) is 20.1 Å². The molecule has 3 unspecified atom stereocenters. The summed E-state index contributed by atoms with van der Waals surface area (Å²) in [6.07, 6.45) is 0. The lowest BCUT2D eigenvalue weighted by Crippen LogP contribution is -2.71. The summed E-state index contributed by atoms with van der Waals surface area (Å²) in [5.74, 6) is 2.46. The van der Waals surface area contributed by atoms with Crippen molar-refractivity contribution in [3.8, 4) is 5.75 Å². The standard InChI is InChI=1S/C31H34N8O9S/c1-15-34-25(35-19-7-5-4-6-8-19)24(31(3,47)39(15)33)37(30(32)46)22(17-9-11-20(41)12-10-17)26(42)36-21-27(43)38-23(29(44)45)18(13-48-16(2)40)14-49-28(21)38/h4-12,21-22,28,35,41,47H,13-14,33H2,1-3H3,(H2,32,46)(H,36,42)(H,44,45)/t21?,22?,28-,31?/m0/s1. The maximum atomic E-state index is 14.3. The van der Waals surface area contributed by atoms with Crippen LogP contribution in [0.15, 0.2) is 82.4 Å². The van der Waals surface area contributed by atoms with Gasteiger partial charge in [-0.2, -0.15) is 0 Å². The van der Waals surface area contributed by atoms with Crippen LogP contribution in [0, 0.1) is 0 Å². The van der Waals surface area contributed by atoms with Gasteiger partial charge in [0.2, 0.25) is 5.91 Å². The van der Waals surface area contributed by atoms with E-state index in [-0.39, 0.29) is 52.3 Å². The zero-order chi connectivity index (χ0) is 35.8. The monoisotopic (exact) mass is 694 g/mol. The summed E-state index contributed by atoms with van der Waals surface area (Å²) in [5.41, 5.74) is 3.90. The molecule has 9 N–H and O–H groups in total. The van der Waals surface area contributed by atoms with Gasteiger partial charge in [0.15, 0.2) is 11.5 Å². The molecule has 3 aliphatic rings. The molecule has 2 aromatic rings. The molecule has 258 valence electrons. The van der Waals surface area contributed by atoms with E-state index < -0.39 is 53.0 Å². The Morgan fingerprint density at radius 2 is 1.82 bits per heavy atom. The molecule has 1 fully saturated rings. The molecular weight excluding hydrogens is 660 g/mol. The number of thioether (sulfide) groups is 1. The number of rotatable bonds is 10. The number of carbonyl (C=O) groups is 5. The number of primary amides is 1. The first-order chi connectivity index (χ1) is 23.1. The Morgan fingerprint density at radius 3 is 2.41 bits per heavy atom. The van der Waals surface area contributed by atoms with Gasteiger partial charge in [-0.1, -0.05) is 30.3 Å². The highest BCUT2D eigenvalue weighted by atomic mass is 32.2. The molecule has 0 bridgehead atoms. The summed E-state index contributed by atoms with van der Waals surface area (Å²) in [7, 11) is 0. The van der Waals surface area contributed by atoms with Crippen molar-refractivity contribution in [2.75, 3.05) is 17.7 Å². The Morgan fingerprint density at radius 1 is 1.16 bits per heavy atom. The van der Waals surface area contributed by atoms with E-state index in [1.54, 1.807) is 30.3 Å². The number of ether oxygens (including phenoxy) is 1. The molecule has 5 rings (SSSR count). The first-order valence-electron chi connectivity index (χ1n) is 14.7. The average molecular weight is 695 g/mol. The fourth-order valence-electron chi connectivity index (χ4n) is 5.67. The number of hydrogen-bond donors (Lipinski definition) is 7. The second-order valence-electron chi connectivity index (χ2n) is 11.4. The first kappa shape index (κ1) is 34.7. The number of hydrazine groups is 1. The fourth-order valence-corrected chi connectivity index (χ4v) is 6.99. The van der Waals surface area contributed by atoms with Crippen molar-refractivity contribution in [1.29, 1.82) is 0 Å². The highest BCUT2D eigenvalue weighted by Crippen LogP contribution is 2.42. The van der Waals surface area contributed by atoms with E-state index in [0.29, 0.717) is 5.69 Å². The molecule has 17 nitrogen and oxygen atoms in total. The quantitative estimate of drug-likeness (QED) is 0.103. The van der Waals surface area contributed by atoms with Gasteiger partial charge in [-0.05, 0) is 43.7 Å². The number of benzene rings is 2. The van der Waals surface area contributed by atoms with E-state index >= 15 is 0 Å². The number of phenolic OH excluding ortho intramolecular Hbond substituents is 1. The molecule has 49 heavy (non-hydrogen) atoms. The third-order valence-corrected chi connectivity index (χ3v) is 9.33. The minimum absolute atomic E-state index is 0.0731. The van der Waals surface area contributed by atoms with Crippen molar-refractivity contribution in [3.63, 3.8) is 0 Å². The molecule has 4 amide bonds. The number of urea groups is 1. The molecule has 2 aromatic carbocycles. The number of aliphatic imine (C=N–C) groups is 1. The van der Waals surface area contributed by atoms with Gasteiger partial charge in [-0.25, -0.2) is 20.4 Å². The highest BCUT2D eigenvalue weighted by Gasteiger charge is 2.55. The summed E-state index contributed by atoms with van der Waals surface area (Å²) in [4.78, 5) is 71.0. The number of carboxylic acid groups (broad SMARTS) is 1. The van der Waals surface area contributed by atoms with Crippen molar-refractivity contribution >= 4 is 53.1 Å². The van der Waals surface area contributed by atoms with Crippen LogP contribution in [0.4, 0.5) is 10.5 Å². The number of amides is 4. The van der Waals surface area contributed by atoms with Gasteiger partial charge in [0, 0.05) is 23.9 Å². The maximum Gasteiger partial charge on any atom is 0.352 e. The topological polar surface area (TPSA) is 253 Å². The molecule has 0 saturated carbocycles. The lowest BCUT2D eigenvalue weighted by Gasteiger charge is -2.50. The van der Waals surface area contributed by atoms with Crippen LogP contribution < -0.4 is 22.2 Å². The molecule has 0 radical (unpaired) electrons. The summed E-state index contributed by atoms with van der Waals surface area (Å²) >= 11 is 1.14. The Labute approximate surface area is 283 Å². The van der Waals surface area contributed by atoms with Crippen LogP contribution >= 0.6 is 11.8 Å². The molecule has 0 spiro atoms. The number of fused-ring (bicyclic) bond motifs is 1. The molecule has 3 heterocycles. The molecular formula is C31H34N8O9S. The Balaban J connectivity index is 1.57. The van der Waals surface area contributed by atoms with Gasteiger partial charge in [0.1, 0.15) is 47.0 Å². The third-order valence-electron chi connectivity index (χ3n) is 7.99. The van der Waals surface area contributed by atoms with Gasteiger partial charge in [0.25, 0.3) is 5.91 Å². The van der Waals surface area contributed by atoms with Crippen LogP contribution in [0.5, 0.6) is 5.75 Å². The highest BCUT2D eigenvalue weighted by molar-refractivity contribution is 8.00. The predicted molar refractivity (Wildman–Crippen MR) is 175 cm³/mol. The number of esters is 1. The van der Waals surface area contributed by atoms with Crippen LogP contribution in [0.2, 0.25) is 0 Å². The number of carboxylic acids is 1. The van der Waals surface area contributed by atoms with E-state index in [1.165, 1.54) is 45.0 Å². The van der Waals surface area contributed by atoms with Crippen molar-refractivity contribution in [2.24, 2.45) is 16.6 Å². The van der Waals surface area contributed by atoms with Crippen LogP contribution in [-0.2, 0) is 23.9 Å². The van der Waals surface area contributed by atoms with Crippen LogP contribution in [0.1, 0.15) is 32.4 Å². The fraction of sp³-hybridized carbons (Fsp3) is 0.290. The van der Waals surface area contributed by atoms with E-state index in [0.717, 1.165) is 26.6 Å². The number of aromatic hydroxyl groups is 1. The number of nitrogens with one attached hydrogen (secondary N) is 2. The summed E-state index contributed by atoms with van der Waals surface area (Å²) in [5, 5.41) is 37.4. The largest absolute Gasteiger partial charge is 0.508 e. The molecule has 4 atom stereocenters. The van der Waals surface area contributed by atoms with Gasteiger partial charge in [-0.15, -0.1) is 11.8 Å². The number of anilines is 1. The lowest BCUT2D eigenvalue weighted by molar-refractivity contribution is -0.151. The number of β-lactam (4-membered cyclic amide) rings is 1. The number of para-hydroxylation sites is 1. The SMILES string of the molecule is CC(=O)OCC1=C(C(=O)O)N2C(=O)C(NC(=O)C(c3ccc(O)cc3)N(C(N)=O)C3=C(Nc4ccccc4)N=C(C)N(N)C3(C)O)[C@@H]2SC1. The number of phenols is 1. The van der Waals surface area contributed by atoms with E-state index in [4.69, 9.17) is 16.3 Å². The van der Waals surface area contributed by atoms with E-state index in [1.807, 2.05) is 0 Å². The van der Waals surface area contributed by atoms with Crippen LogP contribution in [0.3, 0.4) is 0 Å². The first-order valence-corrected chi connectivity index (χ1v) is 15.8. The molecule has 18 heteroatoms. The maximum absolute atomic E-state index is 14.3. The predicted octanol–water partition coefficient (Wildman–Crippen LogP) is 0.713. The Bertz CT molecular complexity index is 1800. The van der Waals surface area contributed by atoms with Gasteiger partial charge in [-0.3, -0.25) is 29.2 Å². The number of nitrogens with zero attached hydrogens (tertiary/aromatic N) is 4. The lowest BCUT2D eigenvalue weighted by atomic mass is 9.98. The minimum atomic E-state index is -2.20. The molecule has 0 aromatic heterocycles. The number of carbonyl (C=O) groups excluding carboxylic acids is 4. The van der Waals surface area contributed by atoms with E-state index in [9.17, 15) is 39.3 Å². The summed E-state index contributed by atoms with van der Waals surface area (Å²) in [6.45, 7) is 3.63. The number of nitrogens with two attached hydrogens (primary N) is 2. The third kappa shape index (κ3) is 6.60. The van der Waals surface area contributed by atoms with Crippen LogP contribution in [0.25, 0.3) is 0 Å². The van der Waals surface area contributed by atoms with Crippen molar-refractivity contribution in [3.05, 3.63) is 82.9 Å². The number of hydrogen-bond acceptors (Lipinski definition) is 13. The minimum Gasteiger partial charge on any atom is -0.508 e. The van der Waals surface area contributed by atoms with Crippen molar-refractivity contribution in [2.45, 2.75) is 44.0 Å². The van der Waals surface area contributed by atoms with Gasteiger partial charge >= 0.3 is 18.0 Å². The van der Waals surface area contributed by atoms with Gasteiger partial charge in [0.05, 0.1) is 0 Å². The summed E-state index contributed by atoms with van der Waals surface area (Å²) in [6, 6.07) is 9.75. The average Bonchev–Trinajstić information content (AvgIpc) is 3.05. The normalized spacial score (nSPS) is 22.4. The number of aliphatic carboxylic acids is 1. The molecule has 3 aliphatic heterocycles. The number of amidine groups is 1. The smallest absolute Gasteiger partial charge is 0.352 e. The second-order valence-corrected chi connectivity index (χ2v) is 12.5. The van der Waals surface area contributed by atoms with Gasteiger partial charge < -0.3 is 36.4 Å². The number of aliphatic hydroxyl groups is 1. The second kappa shape index (κ2) is 13.5. The Kier molecular flexibility index (Phi) is 9.57. The van der Waals surface area contributed by atoms with Crippen LogP contribution in [-0.4, -0.2) is 95.2 Å². The zero-order valence-electron chi connectivity index (χ0n) is 26.5. The zero-order valence-corrected chi connectivity index (χ0v) is 27.3. The van der Waals surface area contributed by atoms with Crippen molar-refractivity contribution < 1.29 is 44.0 Å². The molecule has 0 aliphatic carbocycles. The Hall–Kier alpha value is -5.59. The van der Waals surface area contributed by atoms with E-state index in [2.05, 4.69) is 15.6 Å². The molecule has 1 saturated heterocycles. The summed E-state index contributed by atoms with van der Waals surface area (Å²) < 4.78 is 4.97.